The topological polar surface area (TPSA) is 41.0 Å². The van der Waals surface area contributed by atoms with Crippen LogP contribution in [-0.2, 0) is 0 Å². The van der Waals surface area contributed by atoms with Gasteiger partial charge < -0.3 is 10.2 Å². The second-order valence-electron chi connectivity index (χ2n) is 3.56. The lowest BCUT2D eigenvalue weighted by molar-refractivity contribution is 0.586. The number of rotatable bonds is 4. The maximum absolute atomic E-state index is 4.24. The van der Waals surface area contributed by atoms with Crippen molar-refractivity contribution in [2.24, 2.45) is 0 Å². The highest BCUT2D eigenvalue weighted by atomic mass is 32.1. The van der Waals surface area contributed by atoms with E-state index in [9.17, 15) is 0 Å². The molecule has 0 bridgehead atoms. The fourth-order valence-corrected chi connectivity index (χ4v) is 2.43. The number of hydrogen-bond donors (Lipinski definition) is 1. The number of aromatic nitrogens is 2. The van der Waals surface area contributed by atoms with Crippen molar-refractivity contribution >= 4 is 16.7 Å². The Bertz CT molecular complexity index is 256. The Morgan fingerprint density at radius 2 is 2.64 bits per heavy atom. The molecule has 0 saturated carbocycles. The van der Waals surface area contributed by atoms with E-state index in [1.165, 1.54) is 30.9 Å². The molecule has 4 nitrogen and oxygen atoms in total. The van der Waals surface area contributed by atoms with E-state index in [1.54, 1.807) is 6.33 Å². The van der Waals surface area contributed by atoms with E-state index >= 15 is 0 Å². The lowest BCUT2D eigenvalue weighted by Crippen LogP contribution is -2.37. The van der Waals surface area contributed by atoms with Gasteiger partial charge in [-0.3, -0.25) is 0 Å². The number of nitrogens with zero attached hydrogens (tertiary/aromatic N) is 3. The van der Waals surface area contributed by atoms with Gasteiger partial charge in [0.1, 0.15) is 6.33 Å². The molecule has 0 radical (unpaired) electrons. The predicted octanol–water partition coefficient (Wildman–Crippen LogP) is 1.12. The fourth-order valence-electron chi connectivity index (χ4n) is 1.83. The monoisotopic (exact) mass is 212 g/mol. The van der Waals surface area contributed by atoms with Gasteiger partial charge >= 0.3 is 0 Å². The second kappa shape index (κ2) is 4.70. The predicted molar refractivity (Wildman–Crippen MR) is 58.8 cm³/mol. The summed E-state index contributed by atoms with van der Waals surface area (Å²) in [7, 11) is 0. The van der Waals surface area contributed by atoms with Crippen LogP contribution in [0.5, 0.6) is 0 Å². The standard InChI is InChI=1S/C9H16N4S/c1-2-13(9-11-7-12-14-9)6-8-4-3-5-10-8/h7-8,10H,2-6H2,1H3. The van der Waals surface area contributed by atoms with Crippen LogP contribution in [0, 0.1) is 0 Å². The van der Waals surface area contributed by atoms with Crippen molar-refractivity contribution < 1.29 is 0 Å². The number of anilines is 1. The summed E-state index contributed by atoms with van der Waals surface area (Å²) >= 11 is 1.48. The van der Waals surface area contributed by atoms with Gasteiger partial charge in [-0.05, 0) is 26.3 Å². The zero-order valence-corrected chi connectivity index (χ0v) is 9.26. The Balaban J connectivity index is 1.93. The Kier molecular flexibility index (Phi) is 3.31. The first-order valence-electron chi connectivity index (χ1n) is 5.15. The summed E-state index contributed by atoms with van der Waals surface area (Å²) in [5.41, 5.74) is 0. The van der Waals surface area contributed by atoms with Crippen LogP contribution in [0.15, 0.2) is 6.33 Å². The van der Waals surface area contributed by atoms with E-state index in [-0.39, 0.29) is 0 Å². The van der Waals surface area contributed by atoms with Gasteiger partial charge in [0.25, 0.3) is 0 Å². The van der Waals surface area contributed by atoms with Crippen LogP contribution in [0.25, 0.3) is 0 Å². The van der Waals surface area contributed by atoms with E-state index in [2.05, 4.69) is 26.5 Å². The first kappa shape index (κ1) is 9.86. The van der Waals surface area contributed by atoms with Crippen molar-refractivity contribution in [2.75, 3.05) is 24.5 Å². The highest BCUT2D eigenvalue weighted by Gasteiger charge is 2.18. The minimum Gasteiger partial charge on any atom is -0.346 e. The van der Waals surface area contributed by atoms with Crippen molar-refractivity contribution in [1.82, 2.24) is 14.7 Å². The van der Waals surface area contributed by atoms with Crippen molar-refractivity contribution in [2.45, 2.75) is 25.8 Å². The van der Waals surface area contributed by atoms with Crippen molar-refractivity contribution in [1.29, 1.82) is 0 Å². The number of hydrogen-bond acceptors (Lipinski definition) is 5. The first-order valence-corrected chi connectivity index (χ1v) is 5.92. The molecule has 1 atom stereocenters. The molecule has 1 unspecified atom stereocenters. The molecule has 0 aromatic carbocycles. The lowest BCUT2D eigenvalue weighted by Gasteiger charge is -2.23. The third-order valence-corrected chi connectivity index (χ3v) is 3.33. The molecule has 78 valence electrons. The third kappa shape index (κ3) is 2.22. The summed E-state index contributed by atoms with van der Waals surface area (Å²) in [4.78, 5) is 6.53. The van der Waals surface area contributed by atoms with Crippen LogP contribution in [-0.4, -0.2) is 35.0 Å². The summed E-state index contributed by atoms with van der Waals surface area (Å²) < 4.78 is 4.03. The Hall–Kier alpha value is -0.680. The van der Waals surface area contributed by atoms with Crippen LogP contribution >= 0.6 is 11.5 Å². The SMILES string of the molecule is CCN(CC1CCCN1)c1ncns1. The summed E-state index contributed by atoms with van der Waals surface area (Å²) in [6.07, 6.45) is 4.22. The Labute approximate surface area is 88.5 Å². The number of likely N-dealkylation sites (N-methyl/N-ethyl adjacent to an activating group) is 1. The highest BCUT2D eigenvalue weighted by Crippen LogP contribution is 2.16. The zero-order valence-electron chi connectivity index (χ0n) is 8.44. The molecular weight excluding hydrogens is 196 g/mol. The van der Waals surface area contributed by atoms with E-state index < -0.39 is 0 Å². The molecule has 5 heteroatoms. The number of nitrogens with one attached hydrogen (secondary N) is 1. The quantitative estimate of drug-likeness (QED) is 0.812. The lowest BCUT2D eigenvalue weighted by atomic mass is 10.2. The van der Waals surface area contributed by atoms with Crippen molar-refractivity contribution in [3.8, 4) is 0 Å². The van der Waals surface area contributed by atoms with Crippen LogP contribution < -0.4 is 10.2 Å². The van der Waals surface area contributed by atoms with Gasteiger partial charge in [0.2, 0.25) is 5.13 Å². The Morgan fingerprint density at radius 3 is 3.21 bits per heavy atom. The van der Waals surface area contributed by atoms with Crippen molar-refractivity contribution in [3.63, 3.8) is 0 Å². The largest absolute Gasteiger partial charge is 0.346 e. The smallest absolute Gasteiger partial charge is 0.204 e. The summed E-state index contributed by atoms with van der Waals surface area (Å²) in [6.45, 7) is 5.40. The van der Waals surface area contributed by atoms with Crippen LogP contribution in [0.4, 0.5) is 5.13 Å². The van der Waals surface area contributed by atoms with Crippen LogP contribution in [0.3, 0.4) is 0 Å². The summed E-state index contributed by atoms with van der Waals surface area (Å²) in [5, 5.41) is 4.54. The molecule has 1 aliphatic heterocycles. The summed E-state index contributed by atoms with van der Waals surface area (Å²) in [5.74, 6) is 0. The second-order valence-corrected chi connectivity index (χ2v) is 4.31. The summed E-state index contributed by atoms with van der Waals surface area (Å²) in [6, 6.07) is 0.638. The molecule has 2 heterocycles. The van der Waals surface area contributed by atoms with Gasteiger partial charge in [-0.25, -0.2) is 4.98 Å². The molecular formula is C9H16N4S. The average molecular weight is 212 g/mol. The fraction of sp³-hybridized carbons (Fsp3) is 0.778. The van der Waals surface area contributed by atoms with Gasteiger partial charge in [-0.2, -0.15) is 4.37 Å². The van der Waals surface area contributed by atoms with Gasteiger partial charge in [-0.15, -0.1) is 0 Å². The normalized spacial score (nSPS) is 21.4. The maximum atomic E-state index is 4.24. The first-order chi connectivity index (χ1) is 6.90. The Morgan fingerprint density at radius 1 is 1.71 bits per heavy atom. The molecule has 14 heavy (non-hydrogen) atoms. The van der Waals surface area contributed by atoms with Gasteiger partial charge in [0.15, 0.2) is 0 Å². The molecule has 1 fully saturated rings. The maximum Gasteiger partial charge on any atom is 0.204 e. The van der Waals surface area contributed by atoms with Gasteiger partial charge in [0.05, 0.1) is 0 Å². The molecule has 1 saturated heterocycles. The minimum absolute atomic E-state index is 0.638. The van der Waals surface area contributed by atoms with Gasteiger partial charge in [0, 0.05) is 30.7 Å². The van der Waals surface area contributed by atoms with E-state index in [0.717, 1.165) is 18.2 Å². The highest BCUT2D eigenvalue weighted by molar-refractivity contribution is 7.09. The van der Waals surface area contributed by atoms with E-state index in [4.69, 9.17) is 0 Å². The molecule has 1 N–H and O–H groups in total. The average Bonchev–Trinajstić information content (AvgIpc) is 2.86. The zero-order chi connectivity index (χ0) is 9.80. The molecule has 0 spiro atoms. The minimum atomic E-state index is 0.638. The molecule has 1 aliphatic rings. The van der Waals surface area contributed by atoms with Crippen LogP contribution in [0.1, 0.15) is 19.8 Å². The van der Waals surface area contributed by atoms with Crippen LogP contribution in [0.2, 0.25) is 0 Å². The molecule has 0 aliphatic carbocycles. The van der Waals surface area contributed by atoms with Crippen molar-refractivity contribution in [3.05, 3.63) is 6.33 Å². The molecule has 1 aromatic heterocycles. The van der Waals surface area contributed by atoms with Gasteiger partial charge in [-0.1, -0.05) is 0 Å². The molecule has 1 aromatic rings. The molecule has 0 amide bonds. The van der Waals surface area contributed by atoms with E-state index in [0.29, 0.717) is 6.04 Å². The molecule has 2 rings (SSSR count). The third-order valence-electron chi connectivity index (χ3n) is 2.61. The van der Waals surface area contributed by atoms with E-state index in [1.807, 2.05) is 0 Å².